The van der Waals surface area contributed by atoms with Crippen molar-refractivity contribution >= 4 is 29.0 Å². The standard InChI is InChI=1S/C22H21N7O2S/c1-14(22-25-19(13-32-22)17-7-9-23-10-8-17)24-21(30)20(29-15(2)26-27-28-29)12-16-5-4-6-18(11-16)31-3/h4-14H,1-3H3,(H,24,30). The summed E-state index contributed by atoms with van der Waals surface area (Å²) in [5.74, 6) is 0.860. The van der Waals surface area contributed by atoms with Gasteiger partial charge in [-0.05, 0) is 60.2 Å². The number of thiazole rings is 1. The third-order valence-corrected chi connectivity index (χ3v) is 5.73. The summed E-state index contributed by atoms with van der Waals surface area (Å²) >= 11 is 1.49. The minimum absolute atomic E-state index is 0.290. The number of aromatic nitrogens is 6. The van der Waals surface area contributed by atoms with E-state index in [1.807, 2.05) is 48.7 Å². The molecule has 162 valence electrons. The molecule has 1 unspecified atom stereocenters. The number of hydrogen-bond acceptors (Lipinski definition) is 8. The van der Waals surface area contributed by atoms with E-state index in [2.05, 4.69) is 30.8 Å². The lowest BCUT2D eigenvalue weighted by Gasteiger charge is -2.14. The molecule has 4 rings (SSSR count). The van der Waals surface area contributed by atoms with Gasteiger partial charge in [-0.1, -0.05) is 12.1 Å². The minimum atomic E-state index is -0.323. The number of nitrogens with zero attached hydrogens (tertiary/aromatic N) is 6. The second-order valence-corrected chi connectivity index (χ2v) is 7.84. The van der Waals surface area contributed by atoms with Crippen molar-refractivity contribution in [1.82, 2.24) is 35.5 Å². The number of carbonyl (C=O) groups is 1. The molecule has 1 N–H and O–H groups in total. The number of rotatable bonds is 7. The van der Waals surface area contributed by atoms with E-state index in [1.165, 1.54) is 16.0 Å². The molecule has 32 heavy (non-hydrogen) atoms. The Labute approximate surface area is 188 Å². The second-order valence-electron chi connectivity index (χ2n) is 6.95. The van der Waals surface area contributed by atoms with Crippen molar-refractivity contribution < 1.29 is 9.53 Å². The van der Waals surface area contributed by atoms with Gasteiger partial charge >= 0.3 is 0 Å². The maximum Gasteiger partial charge on any atom is 0.270 e. The monoisotopic (exact) mass is 447 g/mol. The summed E-state index contributed by atoms with van der Waals surface area (Å²) < 4.78 is 6.69. The van der Waals surface area contributed by atoms with Gasteiger partial charge < -0.3 is 10.1 Å². The maximum atomic E-state index is 13.3. The summed E-state index contributed by atoms with van der Waals surface area (Å²) in [6, 6.07) is 10.9. The second kappa shape index (κ2) is 9.48. The molecule has 4 aromatic rings. The number of hydrogen-bond donors (Lipinski definition) is 1. The highest BCUT2D eigenvalue weighted by Gasteiger charge is 2.20. The summed E-state index contributed by atoms with van der Waals surface area (Å²) in [7, 11) is 1.60. The molecule has 9 nitrogen and oxygen atoms in total. The molecule has 10 heteroatoms. The van der Waals surface area contributed by atoms with Crippen LogP contribution in [0.25, 0.3) is 23.0 Å². The molecule has 1 aromatic carbocycles. The van der Waals surface area contributed by atoms with E-state index >= 15 is 0 Å². The first-order chi connectivity index (χ1) is 15.5. The van der Waals surface area contributed by atoms with Crippen LogP contribution in [0.15, 0.2) is 54.2 Å². The smallest absolute Gasteiger partial charge is 0.270 e. The highest BCUT2D eigenvalue weighted by atomic mass is 32.1. The van der Waals surface area contributed by atoms with Crippen LogP contribution in [0, 0.1) is 6.92 Å². The molecule has 0 aliphatic carbocycles. The highest BCUT2D eigenvalue weighted by molar-refractivity contribution is 7.10. The van der Waals surface area contributed by atoms with Gasteiger partial charge in [-0.25, -0.2) is 4.98 Å². The van der Waals surface area contributed by atoms with Gasteiger partial charge in [0.1, 0.15) is 16.5 Å². The normalized spacial score (nSPS) is 12.4. The Morgan fingerprint density at radius 3 is 2.78 bits per heavy atom. The molecule has 0 aliphatic rings. The molecule has 1 atom stereocenters. The molecule has 0 fully saturated rings. The average Bonchev–Trinajstić information content (AvgIpc) is 3.48. The van der Waals surface area contributed by atoms with E-state index in [-0.39, 0.29) is 11.9 Å². The predicted molar refractivity (Wildman–Crippen MR) is 122 cm³/mol. The Kier molecular flexibility index (Phi) is 6.31. The van der Waals surface area contributed by atoms with Gasteiger partial charge in [0.2, 0.25) is 0 Å². The topological polar surface area (TPSA) is 108 Å². The van der Waals surface area contributed by atoms with Crippen LogP contribution in [0.3, 0.4) is 0 Å². The fourth-order valence-corrected chi connectivity index (χ4v) is 3.88. The third kappa shape index (κ3) is 4.70. The van der Waals surface area contributed by atoms with Crippen LogP contribution in [-0.2, 0) is 4.79 Å². The van der Waals surface area contributed by atoms with Crippen LogP contribution >= 0.6 is 11.3 Å². The summed E-state index contributed by atoms with van der Waals surface area (Å²) in [4.78, 5) is 22.0. The Hall–Kier alpha value is -3.92. The Balaban J connectivity index is 1.60. The van der Waals surface area contributed by atoms with Crippen LogP contribution in [0.5, 0.6) is 5.75 Å². The van der Waals surface area contributed by atoms with E-state index in [1.54, 1.807) is 32.5 Å². The molecular formula is C22H21N7O2S. The Morgan fingerprint density at radius 1 is 1.25 bits per heavy atom. The number of benzene rings is 1. The first kappa shape index (κ1) is 21.3. The van der Waals surface area contributed by atoms with Crippen LogP contribution in [0.1, 0.15) is 29.4 Å². The molecule has 0 radical (unpaired) electrons. The summed E-state index contributed by atoms with van der Waals surface area (Å²) in [5, 5.41) is 17.3. The number of aryl methyl sites for hydroxylation is 1. The molecule has 1 amide bonds. The minimum Gasteiger partial charge on any atom is -0.497 e. The number of tetrazole rings is 1. The van der Waals surface area contributed by atoms with Crippen molar-refractivity contribution in [2.24, 2.45) is 0 Å². The van der Waals surface area contributed by atoms with E-state index in [4.69, 9.17) is 4.74 Å². The van der Waals surface area contributed by atoms with E-state index in [9.17, 15) is 4.79 Å². The first-order valence-corrected chi connectivity index (χ1v) is 10.7. The van der Waals surface area contributed by atoms with E-state index in [0.717, 1.165) is 21.8 Å². The zero-order valence-corrected chi connectivity index (χ0v) is 18.6. The van der Waals surface area contributed by atoms with Crippen molar-refractivity contribution in [3.8, 4) is 17.0 Å². The molecule has 0 spiro atoms. The zero-order valence-electron chi connectivity index (χ0n) is 17.8. The van der Waals surface area contributed by atoms with Crippen molar-refractivity contribution in [3.63, 3.8) is 0 Å². The van der Waals surface area contributed by atoms with Crippen molar-refractivity contribution in [3.05, 3.63) is 70.6 Å². The van der Waals surface area contributed by atoms with Crippen LogP contribution in [-0.4, -0.2) is 43.2 Å². The van der Waals surface area contributed by atoms with Gasteiger partial charge in [0.15, 0.2) is 5.82 Å². The summed E-state index contributed by atoms with van der Waals surface area (Å²) in [5.41, 5.74) is 2.89. The maximum absolute atomic E-state index is 13.3. The number of ether oxygens (including phenoxy) is 1. The van der Waals surface area contributed by atoms with Gasteiger partial charge in [-0.15, -0.1) is 16.4 Å². The number of methoxy groups -OCH3 is 1. The van der Waals surface area contributed by atoms with E-state index in [0.29, 0.717) is 17.3 Å². The molecule has 3 aromatic heterocycles. The van der Waals surface area contributed by atoms with Gasteiger partial charge in [0.05, 0.1) is 18.8 Å². The molecule has 0 bridgehead atoms. The third-order valence-electron chi connectivity index (χ3n) is 4.70. The van der Waals surface area contributed by atoms with E-state index < -0.39 is 0 Å². The van der Waals surface area contributed by atoms with Crippen LogP contribution < -0.4 is 10.1 Å². The number of amides is 1. The van der Waals surface area contributed by atoms with Gasteiger partial charge in [-0.2, -0.15) is 4.68 Å². The lowest BCUT2D eigenvalue weighted by molar-refractivity contribution is -0.116. The quantitative estimate of drug-likeness (QED) is 0.433. The van der Waals surface area contributed by atoms with Crippen LogP contribution in [0.2, 0.25) is 0 Å². The average molecular weight is 448 g/mol. The highest BCUT2D eigenvalue weighted by Crippen LogP contribution is 2.25. The van der Waals surface area contributed by atoms with Crippen molar-refractivity contribution in [2.45, 2.75) is 19.9 Å². The molecule has 3 heterocycles. The number of carbonyl (C=O) groups excluding carboxylic acids is 1. The first-order valence-electron chi connectivity index (χ1n) is 9.83. The predicted octanol–water partition coefficient (Wildman–Crippen LogP) is 3.38. The van der Waals surface area contributed by atoms with Gasteiger partial charge in [0.25, 0.3) is 5.91 Å². The van der Waals surface area contributed by atoms with Crippen molar-refractivity contribution in [2.75, 3.05) is 7.11 Å². The molecular weight excluding hydrogens is 426 g/mol. The largest absolute Gasteiger partial charge is 0.497 e. The van der Waals surface area contributed by atoms with Crippen LogP contribution in [0.4, 0.5) is 0 Å². The van der Waals surface area contributed by atoms with Gasteiger partial charge in [0, 0.05) is 23.3 Å². The van der Waals surface area contributed by atoms with Crippen molar-refractivity contribution in [1.29, 1.82) is 0 Å². The Morgan fingerprint density at radius 2 is 2.06 bits per heavy atom. The number of nitrogens with one attached hydrogen (secondary N) is 1. The summed E-state index contributed by atoms with van der Waals surface area (Å²) in [6.07, 6.45) is 5.17. The molecule has 0 aliphatic heterocycles. The zero-order chi connectivity index (χ0) is 22.5. The van der Waals surface area contributed by atoms with Gasteiger partial charge in [-0.3, -0.25) is 9.78 Å². The lowest BCUT2D eigenvalue weighted by atomic mass is 10.1. The lowest BCUT2D eigenvalue weighted by Crippen LogP contribution is -2.30. The molecule has 0 saturated carbocycles. The number of pyridine rings is 1. The molecule has 0 saturated heterocycles. The fraction of sp³-hybridized carbons (Fsp3) is 0.182. The fourth-order valence-electron chi connectivity index (χ4n) is 3.04. The Bertz CT molecular complexity index is 1250. The SMILES string of the molecule is COc1cccc(C=C(C(=O)NC(C)c2nc(-c3ccncc3)cs2)n2nnnc2C)c1. The summed E-state index contributed by atoms with van der Waals surface area (Å²) in [6.45, 7) is 3.63.